The summed E-state index contributed by atoms with van der Waals surface area (Å²) in [7, 11) is 0. The number of nitrogens with zero attached hydrogens (tertiary/aromatic N) is 3. The quantitative estimate of drug-likeness (QED) is 0.746. The van der Waals surface area contributed by atoms with Crippen molar-refractivity contribution in [1.82, 2.24) is 15.0 Å². The van der Waals surface area contributed by atoms with E-state index in [0.29, 0.717) is 18.2 Å². The summed E-state index contributed by atoms with van der Waals surface area (Å²) >= 11 is 0. The standard InChI is InChI=1S/C14H13N5/c15-13-14(17-9-10-5-7-16-8-6-10)19-12-4-2-1-3-11(12)18-13/h1-8H,9H2,(H2,15,18)(H,17,19). The molecule has 0 fully saturated rings. The van der Waals surface area contributed by atoms with Gasteiger partial charge in [0, 0.05) is 18.9 Å². The van der Waals surface area contributed by atoms with E-state index < -0.39 is 0 Å². The van der Waals surface area contributed by atoms with Crippen molar-refractivity contribution in [2.75, 3.05) is 11.1 Å². The largest absolute Gasteiger partial charge is 0.381 e. The molecule has 2 aromatic heterocycles. The lowest BCUT2D eigenvalue weighted by Gasteiger charge is -2.08. The summed E-state index contributed by atoms with van der Waals surface area (Å²) in [5, 5.41) is 3.19. The summed E-state index contributed by atoms with van der Waals surface area (Å²) in [6.07, 6.45) is 3.51. The maximum atomic E-state index is 5.90. The molecule has 0 radical (unpaired) electrons. The van der Waals surface area contributed by atoms with Gasteiger partial charge in [0.25, 0.3) is 0 Å². The minimum Gasteiger partial charge on any atom is -0.381 e. The van der Waals surface area contributed by atoms with Crippen LogP contribution in [-0.4, -0.2) is 15.0 Å². The van der Waals surface area contributed by atoms with E-state index in [9.17, 15) is 0 Å². The van der Waals surface area contributed by atoms with Crippen molar-refractivity contribution >= 4 is 22.7 Å². The predicted molar refractivity (Wildman–Crippen MR) is 75.5 cm³/mol. The van der Waals surface area contributed by atoms with Crippen LogP contribution in [0.25, 0.3) is 11.0 Å². The predicted octanol–water partition coefficient (Wildman–Crippen LogP) is 2.22. The monoisotopic (exact) mass is 251 g/mol. The molecule has 0 aliphatic heterocycles. The lowest BCUT2D eigenvalue weighted by atomic mass is 10.2. The number of nitrogens with two attached hydrogens (primary N) is 1. The zero-order chi connectivity index (χ0) is 13.1. The van der Waals surface area contributed by atoms with Crippen molar-refractivity contribution in [2.24, 2.45) is 0 Å². The number of hydrogen-bond donors (Lipinski definition) is 2. The van der Waals surface area contributed by atoms with Crippen LogP contribution in [0, 0.1) is 0 Å². The first-order valence-corrected chi connectivity index (χ1v) is 5.98. The fraction of sp³-hybridized carbons (Fsp3) is 0.0714. The number of nitrogen functional groups attached to an aromatic ring is 1. The van der Waals surface area contributed by atoms with Crippen molar-refractivity contribution in [3.63, 3.8) is 0 Å². The molecule has 1 aromatic carbocycles. The summed E-state index contributed by atoms with van der Waals surface area (Å²) in [5.41, 5.74) is 8.65. The molecule has 0 saturated heterocycles. The van der Waals surface area contributed by atoms with E-state index in [1.54, 1.807) is 12.4 Å². The molecule has 0 spiro atoms. The first kappa shape index (κ1) is 11.4. The number of rotatable bonds is 3. The molecule has 0 aliphatic rings. The van der Waals surface area contributed by atoms with Crippen molar-refractivity contribution < 1.29 is 0 Å². The van der Waals surface area contributed by atoms with E-state index in [0.717, 1.165) is 16.6 Å². The van der Waals surface area contributed by atoms with Crippen LogP contribution < -0.4 is 11.1 Å². The molecule has 3 N–H and O–H groups in total. The number of para-hydroxylation sites is 2. The van der Waals surface area contributed by atoms with Crippen LogP contribution in [0.4, 0.5) is 11.6 Å². The molecule has 0 amide bonds. The smallest absolute Gasteiger partial charge is 0.169 e. The van der Waals surface area contributed by atoms with Gasteiger partial charge in [-0.15, -0.1) is 0 Å². The highest BCUT2D eigenvalue weighted by molar-refractivity contribution is 5.79. The topological polar surface area (TPSA) is 76.7 Å². The Bertz CT molecular complexity index is 697. The average Bonchev–Trinajstić information content (AvgIpc) is 2.46. The van der Waals surface area contributed by atoms with Crippen molar-refractivity contribution in [3.8, 4) is 0 Å². The normalized spacial score (nSPS) is 10.5. The van der Waals surface area contributed by atoms with Crippen molar-refractivity contribution in [1.29, 1.82) is 0 Å². The Morgan fingerprint density at radius 3 is 2.37 bits per heavy atom. The lowest BCUT2D eigenvalue weighted by Crippen LogP contribution is -2.06. The van der Waals surface area contributed by atoms with Crippen LogP contribution in [0.3, 0.4) is 0 Å². The first-order chi connectivity index (χ1) is 9.33. The van der Waals surface area contributed by atoms with Gasteiger partial charge in [0.15, 0.2) is 11.6 Å². The fourth-order valence-electron chi connectivity index (χ4n) is 1.83. The Hall–Kier alpha value is -2.69. The number of hydrogen-bond acceptors (Lipinski definition) is 5. The molecule has 94 valence electrons. The highest BCUT2D eigenvalue weighted by Crippen LogP contribution is 2.18. The highest BCUT2D eigenvalue weighted by atomic mass is 15.1. The molecule has 2 heterocycles. The molecule has 19 heavy (non-hydrogen) atoms. The molecule has 0 bridgehead atoms. The molecule has 3 aromatic rings. The van der Waals surface area contributed by atoms with Gasteiger partial charge in [-0.25, -0.2) is 9.97 Å². The Balaban J connectivity index is 1.86. The van der Waals surface area contributed by atoms with Gasteiger partial charge in [-0.2, -0.15) is 0 Å². The molecule has 0 saturated carbocycles. The van der Waals surface area contributed by atoms with Gasteiger partial charge in [-0.3, -0.25) is 4.98 Å². The second-order valence-electron chi connectivity index (χ2n) is 4.16. The zero-order valence-electron chi connectivity index (χ0n) is 10.2. The van der Waals surface area contributed by atoms with E-state index in [2.05, 4.69) is 20.3 Å². The minimum atomic E-state index is 0.410. The van der Waals surface area contributed by atoms with Crippen LogP contribution in [-0.2, 0) is 6.54 Å². The number of pyridine rings is 1. The number of nitrogens with one attached hydrogen (secondary N) is 1. The maximum Gasteiger partial charge on any atom is 0.169 e. The summed E-state index contributed by atoms with van der Waals surface area (Å²) in [6.45, 7) is 0.639. The molecule has 0 atom stereocenters. The average molecular weight is 251 g/mol. The van der Waals surface area contributed by atoms with E-state index in [4.69, 9.17) is 5.73 Å². The molecule has 5 heteroatoms. The third-order valence-corrected chi connectivity index (χ3v) is 2.81. The summed E-state index contributed by atoms with van der Waals surface area (Å²) < 4.78 is 0. The highest BCUT2D eigenvalue weighted by Gasteiger charge is 2.05. The van der Waals surface area contributed by atoms with Crippen LogP contribution in [0.15, 0.2) is 48.8 Å². The Kier molecular flexibility index (Phi) is 2.94. The van der Waals surface area contributed by atoms with E-state index >= 15 is 0 Å². The van der Waals surface area contributed by atoms with Crippen molar-refractivity contribution in [3.05, 3.63) is 54.4 Å². The maximum absolute atomic E-state index is 5.90. The van der Waals surface area contributed by atoms with Crippen LogP contribution >= 0.6 is 0 Å². The lowest BCUT2D eigenvalue weighted by molar-refractivity contribution is 1.10. The van der Waals surface area contributed by atoms with E-state index in [-0.39, 0.29) is 0 Å². The number of fused-ring (bicyclic) bond motifs is 1. The molecule has 3 rings (SSSR count). The first-order valence-electron chi connectivity index (χ1n) is 5.98. The summed E-state index contributed by atoms with van der Waals surface area (Å²) in [4.78, 5) is 12.8. The third-order valence-electron chi connectivity index (χ3n) is 2.81. The fourth-order valence-corrected chi connectivity index (χ4v) is 1.83. The molecular weight excluding hydrogens is 238 g/mol. The zero-order valence-corrected chi connectivity index (χ0v) is 10.2. The Morgan fingerprint density at radius 2 is 1.63 bits per heavy atom. The Labute approximate surface area is 110 Å². The summed E-state index contributed by atoms with van der Waals surface area (Å²) in [6, 6.07) is 11.5. The SMILES string of the molecule is Nc1nc2ccccc2nc1NCc1ccncc1. The molecule has 0 aliphatic carbocycles. The van der Waals surface area contributed by atoms with Crippen molar-refractivity contribution in [2.45, 2.75) is 6.54 Å². The Morgan fingerprint density at radius 1 is 0.947 bits per heavy atom. The third kappa shape index (κ3) is 2.44. The van der Waals surface area contributed by atoms with Gasteiger partial charge in [-0.05, 0) is 29.8 Å². The van der Waals surface area contributed by atoms with Gasteiger partial charge in [-0.1, -0.05) is 12.1 Å². The van der Waals surface area contributed by atoms with Gasteiger partial charge in [0.05, 0.1) is 11.0 Å². The van der Waals surface area contributed by atoms with Gasteiger partial charge >= 0.3 is 0 Å². The number of benzene rings is 1. The van der Waals surface area contributed by atoms with Gasteiger partial charge in [0.1, 0.15) is 0 Å². The van der Waals surface area contributed by atoms with E-state index in [1.165, 1.54) is 0 Å². The van der Waals surface area contributed by atoms with Crippen LogP contribution in [0.5, 0.6) is 0 Å². The van der Waals surface area contributed by atoms with Crippen LogP contribution in [0.1, 0.15) is 5.56 Å². The molecule has 5 nitrogen and oxygen atoms in total. The van der Waals surface area contributed by atoms with Crippen LogP contribution in [0.2, 0.25) is 0 Å². The molecule has 0 unspecified atom stereocenters. The van der Waals surface area contributed by atoms with Gasteiger partial charge in [0.2, 0.25) is 0 Å². The van der Waals surface area contributed by atoms with E-state index in [1.807, 2.05) is 36.4 Å². The summed E-state index contributed by atoms with van der Waals surface area (Å²) in [5.74, 6) is 1.02. The van der Waals surface area contributed by atoms with Gasteiger partial charge < -0.3 is 11.1 Å². The molecular formula is C14H13N5. The number of anilines is 2. The number of aromatic nitrogens is 3. The minimum absolute atomic E-state index is 0.410. The second-order valence-corrected chi connectivity index (χ2v) is 4.16. The second kappa shape index (κ2) is 4.89.